The Bertz CT molecular complexity index is 5020. The largest absolute Gasteiger partial charge is 0.748 e. The predicted molar refractivity (Wildman–Crippen MR) is 396 cm³/mol. The van der Waals surface area contributed by atoms with Gasteiger partial charge in [-0.3, -0.25) is 37.6 Å². The maximum absolute atomic E-state index is 14.0. The SMILES string of the molecule is CC1(C)C(/C=C/C2=C(Oc3ccc(C[C@H](NC(=O)CCOCCOCCNC(=O)c4ccc5c(c4)CN(C(=O)C[C@@H]4C[C@@H](C(=O)N6CC(F)(F)C[C@H]6C#N)NC4=O)C5)C(=O)O)cc3)C(=C/C=C3/N(CCCCS(=O)(=O)[O-])c4ccc(S(=O)(=O)O)cc4C3(C)C)/CCC2)=[N+](CCCCS(=O)(=O)O)c2ccc(S(=O)(=O)O)cc21. The molecule has 111 heavy (non-hydrogen) atoms. The Kier molecular flexibility index (Phi) is 26.2. The summed E-state index contributed by atoms with van der Waals surface area (Å²) in [5, 5.41) is 27.4. The van der Waals surface area contributed by atoms with Gasteiger partial charge in [-0.2, -0.15) is 35.1 Å². The van der Waals surface area contributed by atoms with Gasteiger partial charge in [-0.25, -0.2) is 22.0 Å². The third-order valence-electron chi connectivity index (χ3n) is 20.5. The first kappa shape index (κ1) is 84.3. The summed E-state index contributed by atoms with van der Waals surface area (Å²) in [5.74, 6) is -8.59. The number of rotatable bonds is 34. The lowest BCUT2D eigenvalue weighted by Crippen LogP contribution is -2.46. The van der Waals surface area contributed by atoms with E-state index in [2.05, 4.69) is 16.0 Å². The number of ether oxygens (including phenoxy) is 3. The number of carboxylic acids is 1. The van der Waals surface area contributed by atoms with E-state index in [4.69, 9.17) is 14.2 Å². The van der Waals surface area contributed by atoms with Gasteiger partial charge >= 0.3 is 5.97 Å². The predicted octanol–water partition coefficient (Wildman–Crippen LogP) is 6.69. The van der Waals surface area contributed by atoms with Crippen molar-refractivity contribution in [3.05, 3.63) is 159 Å². The summed E-state index contributed by atoms with van der Waals surface area (Å²) in [6.45, 7) is 7.59. The number of hydrogen-bond acceptors (Lipinski definition) is 20. The maximum Gasteiger partial charge on any atom is 0.326 e. The van der Waals surface area contributed by atoms with E-state index in [1.165, 1.54) is 29.2 Å². The van der Waals surface area contributed by atoms with Crippen molar-refractivity contribution in [3.8, 4) is 11.8 Å². The van der Waals surface area contributed by atoms with E-state index in [0.29, 0.717) is 92.5 Å². The van der Waals surface area contributed by atoms with E-state index in [-0.39, 0.29) is 126 Å². The number of alkyl halides is 2. The number of hydrogen-bond donors (Lipinski definition) is 7. The summed E-state index contributed by atoms with van der Waals surface area (Å²) in [5.41, 5.74) is 5.39. The molecule has 5 heterocycles. The number of fused-ring (bicyclic) bond motifs is 3. The molecule has 4 aromatic carbocycles. The number of nitrogens with one attached hydrogen (secondary N) is 3. The number of allylic oxidation sites excluding steroid dienone is 7. The van der Waals surface area contributed by atoms with Crippen LogP contribution in [0.15, 0.2) is 136 Å². The van der Waals surface area contributed by atoms with Crippen LogP contribution in [0.25, 0.3) is 0 Å². The molecule has 2 saturated heterocycles. The van der Waals surface area contributed by atoms with Crippen molar-refractivity contribution < 1.29 is 113 Å². The Balaban J connectivity index is 0.756. The van der Waals surface area contributed by atoms with E-state index in [9.17, 15) is 99.8 Å². The van der Waals surface area contributed by atoms with Gasteiger partial charge in [0.25, 0.3) is 42.2 Å². The van der Waals surface area contributed by atoms with Crippen LogP contribution in [-0.4, -0.2) is 201 Å². The maximum atomic E-state index is 14.0. The number of likely N-dealkylation sites (tertiary alicyclic amines) is 1. The molecule has 5 aliphatic heterocycles. The molecule has 0 bridgehead atoms. The van der Waals surface area contributed by atoms with Crippen molar-refractivity contribution in [3.63, 3.8) is 0 Å². The zero-order chi connectivity index (χ0) is 80.8. The highest BCUT2D eigenvalue weighted by molar-refractivity contribution is 7.86. The van der Waals surface area contributed by atoms with Crippen LogP contribution < -0.4 is 25.6 Å². The Morgan fingerprint density at radius 2 is 1.47 bits per heavy atom. The fourth-order valence-electron chi connectivity index (χ4n) is 14.8. The number of halogens is 2. The highest BCUT2D eigenvalue weighted by atomic mass is 32.2. The summed E-state index contributed by atoms with van der Waals surface area (Å²) in [6.07, 6.45) is 8.06. The Morgan fingerprint density at radius 1 is 0.793 bits per heavy atom. The summed E-state index contributed by atoms with van der Waals surface area (Å²) in [4.78, 5) is 81.6. The topological polar surface area (TPSA) is 443 Å². The third kappa shape index (κ3) is 21.1. The van der Waals surface area contributed by atoms with Crippen LogP contribution in [0.3, 0.4) is 0 Å². The first-order valence-corrected chi connectivity index (χ1v) is 42.1. The van der Waals surface area contributed by atoms with E-state index >= 15 is 0 Å². The second kappa shape index (κ2) is 34.4. The lowest BCUT2D eigenvalue weighted by Gasteiger charge is -2.28. The number of nitriles is 1. The molecule has 2 fully saturated rings. The van der Waals surface area contributed by atoms with Crippen molar-refractivity contribution in [1.82, 2.24) is 25.8 Å². The molecule has 0 saturated carbocycles. The van der Waals surface area contributed by atoms with Crippen LogP contribution in [0.1, 0.15) is 136 Å². The number of carbonyl (C=O) groups excluding carboxylic acids is 5. The Hall–Kier alpha value is -9.16. The fourth-order valence-corrected chi connectivity index (χ4v) is 16.9. The number of anilines is 1. The summed E-state index contributed by atoms with van der Waals surface area (Å²) >= 11 is 0. The van der Waals surface area contributed by atoms with Crippen molar-refractivity contribution in [2.45, 2.75) is 163 Å². The van der Waals surface area contributed by atoms with Gasteiger partial charge in [-0.1, -0.05) is 38.1 Å². The molecule has 0 spiro atoms. The lowest BCUT2D eigenvalue weighted by atomic mass is 9.81. The molecule has 30 nitrogen and oxygen atoms in total. The normalized spacial score (nSPS) is 20.4. The summed E-state index contributed by atoms with van der Waals surface area (Å²) in [6, 6.07) is 17.8. The average Bonchev–Trinajstić information content (AvgIpc) is 1.59. The molecule has 1 aliphatic carbocycles. The Labute approximate surface area is 642 Å². The molecular formula is C75H88F2N8O22S4. The van der Waals surface area contributed by atoms with Crippen LogP contribution in [0, 0.1) is 17.2 Å². The minimum atomic E-state index is -4.65. The molecule has 4 atom stereocenters. The molecule has 6 aliphatic rings. The number of benzene rings is 4. The van der Waals surface area contributed by atoms with Gasteiger partial charge in [0.15, 0.2) is 5.71 Å². The zero-order valence-corrected chi connectivity index (χ0v) is 64.6. The molecule has 36 heteroatoms. The molecule has 598 valence electrons. The second-order valence-corrected chi connectivity index (χ2v) is 35.2. The van der Waals surface area contributed by atoms with Crippen LogP contribution in [0.4, 0.5) is 20.2 Å². The van der Waals surface area contributed by atoms with Gasteiger partial charge in [-0.05, 0) is 159 Å². The average molecular weight is 1620 g/mol. The molecule has 10 rings (SSSR count). The minimum Gasteiger partial charge on any atom is -0.748 e. The standard InChI is InChI=1S/C75H88F2N8O22S4/c1-73(2)58-40-56(110(99,100)101)20-22-62(58)83(28-5-7-34-108(93,94)95)64(73)24-16-48-10-9-11-49(17-25-65-74(3,4)59-41-57(111(102,103)104)21-23-63(59)84(65)29-6-8-35-109(96,97)98)68(48)107-55-18-12-47(13-19-55)36-61(72(91)92)80-66(86)26-30-105-32-33-106-31-27-79-69(88)50-14-15-51-44-82(45-53(51)37-50)67(87)39-52-38-60(81-70(52)89)71(90)85-46-75(76,77)42-54(85)43-78/h12-25,37,40-41,52,54,60-61H,5-11,26-36,38-39,42,44-46H2,1-4H3,(H7-,79,80,81,86,88,89,91,92,93,94,95,96,97,98,99,100,101,102,103,104)/t52-,54-,60-,61-/m0/s1. The number of unbranched alkanes of at least 4 members (excludes halogenated alkanes) is 2. The first-order valence-electron chi connectivity index (χ1n) is 36.0. The van der Waals surface area contributed by atoms with Gasteiger partial charge in [0.05, 0.1) is 70.1 Å². The molecular weight excluding hydrogens is 1530 g/mol. The van der Waals surface area contributed by atoms with Crippen molar-refractivity contribution in [2.75, 3.05) is 69.0 Å². The van der Waals surface area contributed by atoms with E-state index in [1.807, 2.05) is 61.5 Å². The number of aliphatic carboxylic acids is 1. The lowest BCUT2D eigenvalue weighted by molar-refractivity contribution is -0.438. The third-order valence-corrected chi connectivity index (χ3v) is 23.8. The highest BCUT2D eigenvalue weighted by Gasteiger charge is 2.51. The van der Waals surface area contributed by atoms with Crippen molar-refractivity contribution >= 4 is 93.1 Å². The smallest absolute Gasteiger partial charge is 0.326 e. The van der Waals surface area contributed by atoms with E-state index < -0.39 is 135 Å². The summed E-state index contributed by atoms with van der Waals surface area (Å²) < 4.78 is 186. The van der Waals surface area contributed by atoms with E-state index in [1.54, 1.807) is 60.7 Å². The van der Waals surface area contributed by atoms with Crippen LogP contribution in [0.5, 0.6) is 5.75 Å². The molecule has 0 unspecified atom stereocenters. The molecule has 7 N–H and O–H groups in total. The molecule has 5 amide bonds. The van der Waals surface area contributed by atoms with E-state index in [0.717, 1.165) is 10.5 Å². The fraction of sp³-hybridized carbons (Fsp3) is 0.467. The minimum absolute atomic E-state index is 0.0290. The molecule has 0 radical (unpaired) electrons. The van der Waals surface area contributed by atoms with Crippen molar-refractivity contribution in [2.24, 2.45) is 5.92 Å². The zero-order valence-electron chi connectivity index (χ0n) is 61.4. The van der Waals surface area contributed by atoms with Crippen LogP contribution in [-0.2, 0) is 104 Å². The van der Waals surface area contributed by atoms with Crippen LogP contribution in [0.2, 0.25) is 0 Å². The monoisotopic (exact) mass is 1620 g/mol. The quantitative estimate of drug-likeness (QED) is 0.0145. The van der Waals surface area contributed by atoms with Gasteiger partial charge < -0.3 is 54.5 Å². The molecule has 4 aromatic rings. The Morgan fingerprint density at radius 3 is 2.14 bits per heavy atom. The van der Waals surface area contributed by atoms with Crippen LogP contribution >= 0.6 is 0 Å². The molecule has 0 aromatic heterocycles. The number of amides is 5. The summed E-state index contributed by atoms with van der Waals surface area (Å²) in [7, 11) is -18.1. The van der Waals surface area contributed by atoms with Gasteiger partial charge in [-0.15, -0.1) is 0 Å². The van der Waals surface area contributed by atoms with Gasteiger partial charge in [0.2, 0.25) is 29.3 Å². The van der Waals surface area contributed by atoms with Gasteiger partial charge in [0, 0.05) is 110 Å². The number of carbonyl (C=O) groups is 6. The first-order chi connectivity index (χ1) is 52.1. The second-order valence-electron chi connectivity index (χ2n) is 29.2. The van der Waals surface area contributed by atoms with Crippen molar-refractivity contribution in [1.29, 1.82) is 5.26 Å². The van der Waals surface area contributed by atoms with Gasteiger partial charge in [0.1, 0.15) is 36.2 Å². The number of carboxylic acid groups (broad SMARTS) is 1. The number of nitrogens with zero attached hydrogens (tertiary/aromatic N) is 5. The highest BCUT2D eigenvalue weighted by Crippen LogP contribution is 2.50.